The van der Waals surface area contributed by atoms with Crippen molar-refractivity contribution in [1.29, 1.82) is 0 Å². The molecule has 0 aliphatic heterocycles. The second-order valence-electron chi connectivity index (χ2n) is 7.44. The number of hydrazone groups is 1. The maximum atomic E-state index is 10.4. The summed E-state index contributed by atoms with van der Waals surface area (Å²) in [5.41, 5.74) is 5.81. The normalized spacial score (nSPS) is 11.4. The highest BCUT2D eigenvalue weighted by Gasteiger charge is 2.08. The molecule has 0 fully saturated rings. The van der Waals surface area contributed by atoms with Crippen molar-refractivity contribution in [3.05, 3.63) is 53.9 Å². The number of aromatic nitrogens is 3. The van der Waals surface area contributed by atoms with Crippen molar-refractivity contribution in [3.63, 3.8) is 0 Å². The Morgan fingerprint density at radius 3 is 1.88 bits per heavy atom. The molecule has 3 rings (SSSR count). The van der Waals surface area contributed by atoms with Gasteiger partial charge in [-0.15, -0.1) is 10.2 Å². The zero-order chi connectivity index (χ0) is 24.5. The van der Waals surface area contributed by atoms with Crippen LogP contribution in [-0.4, -0.2) is 63.7 Å². The Hall–Kier alpha value is -4.08. The van der Waals surface area contributed by atoms with Crippen LogP contribution in [0.15, 0.2) is 52.9 Å². The van der Waals surface area contributed by atoms with Crippen LogP contribution in [0.4, 0.5) is 17.3 Å². The highest BCUT2D eigenvalue weighted by molar-refractivity contribution is 5.85. The molecule has 0 spiro atoms. The third-order valence-electron chi connectivity index (χ3n) is 5.51. The number of benzene rings is 2. The lowest BCUT2D eigenvalue weighted by Crippen LogP contribution is -2.21. The molecule has 0 atom stereocenters. The third-order valence-corrected chi connectivity index (χ3v) is 5.51. The molecule has 2 aromatic carbocycles. The monoisotopic (exact) mass is 464 g/mol. The first kappa shape index (κ1) is 24.6. The van der Waals surface area contributed by atoms with Crippen LogP contribution in [-0.2, 0) is 0 Å². The lowest BCUT2D eigenvalue weighted by Gasteiger charge is -2.21. The molecular weight excluding hydrogens is 432 g/mol. The fourth-order valence-corrected chi connectivity index (χ4v) is 3.53. The Bertz CT molecular complexity index is 1130. The Labute approximate surface area is 199 Å². The molecule has 0 amide bonds. The average molecular weight is 465 g/mol. The summed E-state index contributed by atoms with van der Waals surface area (Å²) in [6.45, 7) is 11.7. The number of phenols is 2. The number of nitrogens with zero attached hydrogens (tertiary/aromatic N) is 7. The van der Waals surface area contributed by atoms with Gasteiger partial charge >= 0.3 is 0 Å². The standard InChI is InChI=1S/C24H32N8O2/c1-5-30(6-2)20-11-9-18(22(33)13-20)15-25-28-24-29-26-17-32(24)27-16-19-10-12-21(14-23(19)34)31(7-3)8-4/h9-17,33-34H,5-8H2,1-4H3,(H,28,29)/b25-15+,27-16+. The van der Waals surface area contributed by atoms with E-state index in [-0.39, 0.29) is 17.4 Å². The van der Waals surface area contributed by atoms with Crippen molar-refractivity contribution in [1.82, 2.24) is 14.9 Å². The van der Waals surface area contributed by atoms with Crippen LogP contribution >= 0.6 is 0 Å². The molecule has 0 saturated carbocycles. The fraction of sp³-hybridized carbons (Fsp3) is 0.333. The summed E-state index contributed by atoms with van der Waals surface area (Å²) >= 11 is 0. The van der Waals surface area contributed by atoms with Gasteiger partial charge in [0, 0.05) is 60.8 Å². The van der Waals surface area contributed by atoms with Crippen molar-refractivity contribution in [2.24, 2.45) is 10.2 Å². The molecule has 0 unspecified atom stereocenters. The van der Waals surface area contributed by atoms with Crippen LogP contribution in [0.3, 0.4) is 0 Å². The van der Waals surface area contributed by atoms with Gasteiger partial charge in [-0.2, -0.15) is 14.9 Å². The zero-order valence-corrected chi connectivity index (χ0v) is 20.0. The third kappa shape index (κ3) is 5.83. The van der Waals surface area contributed by atoms with Gasteiger partial charge in [0.1, 0.15) is 17.8 Å². The molecular formula is C24H32N8O2. The SMILES string of the molecule is CCN(CC)c1ccc(/C=N/Nc2nncn2/N=C/c2ccc(N(CC)CC)cc2O)c(O)c1. The predicted octanol–water partition coefficient (Wildman–Crippen LogP) is 3.71. The van der Waals surface area contributed by atoms with Crippen molar-refractivity contribution in [2.75, 3.05) is 41.4 Å². The number of hydrogen-bond acceptors (Lipinski definition) is 9. The molecule has 0 aliphatic carbocycles. The van der Waals surface area contributed by atoms with Crippen molar-refractivity contribution >= 4 is 29.8 Å². The lowest BCUT2D eigenvalue weighted by molar-refractivity contribution is 0.474. The van der Waals surface area contributed by atoms with E-state index in [1.54, 1.807) is 12.1 Å². The maximum Gasteiger partial charge on any atom is 0.265 e. The van der Waals surface area contributed by atoms with Crippen molar-refractivity contribution in [2.45, 2.75) is 27.7 Å². The Kier molecular flexibility index (Phi) is 8.44. The number of nitrogens with one attached hydrogen (secondary N) is 1. The maximum absolute atomic E-state index is 10.4. The van der Waals surface area contributed by atoms with Crippen LogP contribution in [0.2, 0.25) is 0 Å². The van der Waals surface area contributed by atoms with Gasteiger partial charge in [0.05, 0.1) is 12.4 Å². The first-order valence-corrected chi connectivity index (χ1v) is 11.4. The van der Waals surface area contributed by atoms with E-state index in [0.717, 1.165) is 37.6 Å². The van der Waals surface area contributed by atoms with Crippen molar-refractivity contribution < 1.29 is 10.2 Å². The highest BCUT2D eigenvalue weighted by atomic mass is 16.3. The summed E-state index contributed by atoms with van der Waals surface area (Å²) in [5.74, 6) is 0.557. The van der Waals surface area contributed by atoms with Crippen LogP contribution in [0.1, 0.15) is 38.8 Å². The summed E-state index contributed by atoms with van der Waals surface area (Å²) in [4.78, 5) is 4.30. The van der Waals surface area contributed by atoms with Gasteiger partial charge in [-0.25, -0.2) is 5.43 Å². The molecule has 0 aliphatic rings. The Morgan fingerprint density at radius 1 is 0.853 bits per heavy atom. The lowest BCUT2D eigenvalue weighted by atomic mass is 10.2. The summed E-state index contributed by atoms with van der Waals surface area (Å²) < 4.78 is 1.40. The van der Waals surface area contributed by atoms with Crippen LogP contribution in [0.5, 0.6) is 11.5 Å². The molecule has 1 heterocycles. The molecule has 180 valence electrons. The van der Waals surface area contributed by atoms with Crippen molar-refractivity contribution in [3.8, 4) is 11.5 Å². The minimum atomic E-state index is 0.136. The van der Waals surface area contributed by atoms with E-state index in [9.17, 15) is 10.2 Å². The molecule has 10 nitrogen and oxygen atoms in total. The molecule has 34 heavy (non-hydrogen) atoms. The van der Waals surface area contributed by atoms with E-state index in [1.165, 1.54) is 23.4 Å². The van der Waals surface area contributed by atoms with Gasteiger partial charge in [-0.3, -0.25) is 0 Å². The van der Waals surface area contributed by atoms with E-state index >= 15 is 0 Å². The Morgan fingerprint density at radius 2 is 1.38 bits per heavy atom. The summed E-state index contributed by atoms with van der Waals surface area (Å²) in [5, 5.41) is 37.0. The van der Waals surface area contributed by atoms with Gasteiger partial charge in [0.15, 0.2) is 0 Å². The van der Waals surface area contributed by atoms with Gasteiger partial charge < -0.3 is 20.0 Å². The quantitative estimate of drug-likeness (QED) is 0.293. The highest BCUT2D eigenvalue weighted by Crippen LogP contribution is 2.24. The molecule has 0 bridgehead atoms. The topological polar surface area (TPSA) is 114 Å². The largest absolute Gasteiger partial charge is 0.507 e. The molecule has 3 aromatic rings. The number of anilines is 3. The van der Waals surface area contributed by atoms with Crippen LogP contribution < -0.4 is 15.2 Å². The summed E-state index contributed by atoms with van der Waals surface area (Å²) in [7, 11) is 0. The summed E-state index contributed by atoms with van der Waals surface area (Å²) in [6, 6.07) is 11.0. The predicted molar refractivity (Wildman–Crippen MR) is 138 cm³/mol. The first-order chi connectivity index (χ1) is 16.5. The second kappa shape index (κ2) is 11.7. The van der Waals surface area contributed by atoms with Crippen LogP contribution in [0.25, 0.3) is 0 Å². The number of hydrogen-bond donors (Lipinski definition) is 3. The van der Waals surface area contributed by atoms with E-state index in [0.29, 0.717) is 11.1 Å². The zero-order valence-electron chi connectivity index (χ0n) is 20.0. The van der Waals surface area contributed by atoms with Gasteiger partial charge in [0.2, 0.25) is 0 Å². The molecule has 10 heteroatoms. The van der Waals surface area contributed by atoms with E-state index in [4.69, 9.17) is 0 Å². The second-order valence-corrected chi connectivity index (χ2v) is 7.44. The van der Waals surface area contributed by atoms with Gasteiger partial charge in [-0.1, -0.05) is 0 Å². The average Bonchev–Trinajstić information content (AvgIpc) is 3.28. The minimum Gasteiger partial charge on any atom is -0.507 e. The minimum absolute atomic E-state index is 0.136. The number of rotatable bonds is 11. The smallest absolute Gasteiger partial charge is 0.265 e. The fourth-order valence-electron chi connectivity index (χ4n) is 3.53. The Balaban J connectivity index is 1.69. The van der Waals surface area contributed by atoms with Gasteiger partial charge in [-0.05, 0) is 52.0 Å². The molecule has 3 N–H and O–H groups in total. The first-order valence-electron chi connectivity index (χ1n) is 11.4. The molecule has 0 radical (unpaired) electrons. The van der Waals surface area contributed by atoms with E-state index < -0.39 is 0 Å². The number of phenolic OH excluding ortho intramolecular Hbond substituents is 2. The van der Waals surface area contributed by atoms with Crippen LogP contribution in [0, 0.1) is 0 Å². The molecule has 0 saturated heterocycles. The van der Waals surface area contributed by atoms with E-state index in [1.807, 2.05) is 24.3 Å². The number of aromatic hydroxyl groups is 2. The molecule has 1 aromatic heterocycles. The van der Waals surface area contributed by atoms with E-state index in [2.05, 4.69) is 63.3 Å². The van der Waals surface area contributed by atoms with Gasteiger partial charge in [0.25, 0.3) is 5.95 Å². The summed E-state index contributed by atoms with van der Waals surface area (Å²) in [6.07, 6.45) is 4.45.